The van der Waals surface area contributed by atoms with Gasteiger partial charge in [0.2, 0.25) is 5.91 Å². The molecule has 0 radical (unpaired) electrons. The second-order valence-corrected chi connectivity index (χ2v) is 28.5. The molecule has 0 aromatic rings. The zero-order valence-electron chi connectivity index (χ0n) is 61.1. The molecule has 1 amide bonds. The molecular weight excluding hydrogens is 1100 g/mol. The molecule has 6 heteroatoms. The van der Waals surface area contributed by atoms with Crippen molar-refractivity contribution in [2.75, 3.05) is 13.2 Å². The molecule has 0 saturated carbocycles. The third kappa shape index (κ3) is 75.1. The highest BCUT2D eigenvalue weighted by atomic mass is 16.5. The number of esters is 1. The van der Waals surface area contributed by atoms with Crippen molar-refractivity contribution in [3.63, 3.8) is 0 Å². The van der Waals surface area contributed by atoms with Crippen LogP contribution in [0.2, 0.25) is 0 Å². The summed E-state index contributed by atoms with van der Waals surface area (Å²) in [5, 5.41) is 23.3. The van der Waals surface area contributed by atoms with Gasteiger partial charge >= 0.3 is 5.97 Å². The van der Waals surface area contributed by atoms with Crippen LogP contribution in [0.1, 0.15) is 463 Å². The van der Waals surface area contributed by atoms with Gasteiger partial charge in [0.25, 0.3) is 0 Å². The van der Waals surface area contributed by atoms with Crippen LogP contribution in [-0.4, -0.2) is 47.4 Å². The predicted molar refractivity (Wildman–Crippen MR) is 398 cm³/mol. The monoisotopic (exact) mass is 1260 g/mol. The molecule has 0 aliphatic heterocycles. The quantitative estimate of drug-likeness (QED) is 0.0320. The molecule has 3 N–H and O–H groups in total. The van der Waals surface area contributed by atoms with E-state index in [0.717, 1.165) is 44.9 Å². The van der Waals surface area contributed by atoms with Crippen LogP contribution < -0.4 is 5.32 Å². The maximum atomic E-state index is 12.6. The number of aliphatic hydroxyl groups is 2. The molecular formula is C84H161NO5. The first-order chi connectivity index (χ1) is 44.5. The van der Waals surface area contributed by atoms with E-state index in [0.29, 0.717) is 19.4 Å². The van der Waals surface area contributed by atoms with E-state index in [1.54, 1.807) is 6.08 Å². The Labute approximate surface area is 564 Å². The molecule has 0 aromatic heterocycles. The van der Waals surface area contributed by atoms with Crippen LogP contribution in [0.5, 0.6) is 0 Å². The normalized spacial score (nSPS) is 12.6. The Morgan fingerprint density at radius 3 is 0.844 bits per heavy atom. The van der Waals surface area contributed by atoms with Crippen molar-refractivity contribution in [2.24, 2.45) is 0 Å². The summed E-state index contributed by atoms with van der Waals surface area (Å²) in [6.45, 7) is 4.96. The van der Waals surface area contributed by atoms with Gasteiger partial charge in [-0.05, 0) is 64.2 Å². The number of nitrogens with one attached hydrogen (secondary N) is 1. The molecule has 0 rings (SSSR count). The highest BCUT2D eigenvalue weighted by Crippen LogP contribution is 2.20. The van der Waals surface area contributed by atoms with Crippen molar-refractivity contribution in [3.05, 3.63) is 36.5 Å². The lowest BCUT2D eigenvalue weighted by Gasteiger charge is -2.20. The molecule has 2 unspecified atom stereocenters. The fraction of sp³-hybridized carbons (Fsp3) is 0.905. The number of unbranched alkanes of at least 4 members (excludes halogenated alkanes) is 63. The molecule has 0 heterocycles. The van der Waals surface area contributed by atoms with Gasteiger partial charge in [-0.1, -0.05) is 423 Å². The maximum absolute atomic E-state index is 12.6. The minimum atomic E-state index is -0.844. The number of carbonyl (C=O) groups excluding carboxylic acids is 2. The molecule has 0 bridgehead atoms. The Bertz CT molecular complexity index is 1460. The summed E-state index contributed by atoms with van der Waals surface area (Å²) < 4.78 is 5.50. The third-order valence-corrected chi connectivity index (χ3v) is 19.4. The first kappa shape index (κ1) is 88.1. The Morgan fingerprint density at radius 1 is 0.311 bits per heavy atom. The molecule has 90 heavy (non-hydrogen) atoms. The number of amides is 1. The first-order valence-corrected chi connectivity index (χ1v) is 41.3. The van der Waals surface area contributed by atoms with E-state index in [2.05, 4.69) is 43.5 Å². The first-order valence-electron chi connectivity index (χ1n) is 41.3. The van der Waals surface area contributed by atoms with Gasteiger partial charge in [-0.3, -0.25) is 9.59 Å². The van der Waals surface area contributed by atoms with Crippen molar-refractivity contribution in [2.45, 2.75) is 475 Å². The zero-order chi connectivity index (χ0) is 64.9. The summed E-state index contributed by atoms with van der Waals surface area (Å²) in [6, 6.07) is -0.627. The van der Waals surface area contributed by atoms with E-state index in [1.807, 2.05) is 6.08 Å². The smallest absolute Gasteiger partial charge is 0.305 e. The summed E-state index contributed by atoms with van der Waals surface area (Å²) in [5.74, 6) is -0.0387. The SMILES string of the molecule is CCCCCCCCCCCCCCCCCCCCCC/C=C/C(O)C(CO)NC(=O)CCCCCCCCCCCCCCCCCCC/C=C\C/C=C\CCCCCCCCCCCCCCCOC(=O)CCCCCCCCCCCCCCCC. The summed E-state index contributed by atoms with van der Waals surface area (Å²) in [4.78, 5) is 24.6. The maximum Gasteiger partial charge on any atom is 0.305 e. The van der Waals surface area contributed by atoms with Gasteiger partial charge in [0, 0.05) is 12.8 Å². The lowest BCUT2D eigenvalue weighted by atomic mass is 10.0. The van der Waals surface area contributed by atoms with E-state index in [4.69, 9.17) is 4.74 Å². The van der Waals surface area contributed by atoms with Crippen LogP contribution in [0.4, 0.5) is 0 Å². The topological polar surface area (TPSA) is 95.9 Å². The largest absolute Gasteiger partial charge is 0.466 e. The second-order valence-electron chi connectivity index (χ2n) is 28.5. The van der Waals surface area contributed by atoms with Crippen LogP contribution in [-0.2, 0) is 14.3 Å². The van der Waals surface area contributed by atoms with E-state index in [9.17, 15) is 19.8 Å². The Balaban J connectivity index is 3.38. The third-order valence-electron chi connectivity index (χ3n) is 19.4. The molecule has 0 aromatic carbocycles. The number of ether oxygens (including phenoxy) is 1. The predicted octanol–water partition coefficient (Wildman–Crippen LogP) is 27.4. The molecule has 0 aliphatic rings. The van der Waals surface area contributed by atoms with Gasteiger partial charge in [-0.15, -0.1) is 0 Å². The second kappa shape index (κ2) is 79.5. The number of hydrogen-bond acceptors (Lipinski definition) is 5. The molecule has 0 saturated heterocycles. The van der Waals surface area contributed by atoms with Gasteiger partial charge in [0.1, 0.15) is 0 Å². The van der Waals surface area contributed by atoms with Gasteiger partial charge in [0.05, 0.1) is 25.4 Å². The van der Waals surface area contributed by atoms with Crippen molar-refractivity contribution in [1.82, 2.24) is 5.32 Å². The van der Waals surface area contributed by atoms with Crippen LogP contribution in [0.3, 0.4) is 0 Å². The van der Waals surface area contributed by atoms with Crippen LogP contribution >= 0.6 is 0 Å². The highest BCUT2D eigenvalue weighted by Gasteiger charge is 2.18. The fourth-order valence-electron chi connectivity index (χ4n) is 13.1. The molecule has 2 atom stereocenters. The molecule has 532 valence electrons. The average molecular weight is 1270 g/mol. The van der Waals surface area contributed by atoms with Crippen molar-refractivity contribution >= 4 is 11.9 Å². The number of allylic oxidation sites excluding steroid dienone is 5. The van der Waals surface area contributed by atoms with E-state index in [1.165, 1.54) is 392 Å². The molecule has 6 nitrogen and oxygen atoms in total. The lowest BCUT2D eigenvalue weighted by molar-refractivity contribution is -0.143. The minimum Gasteiger partial charge on any atom is -0.466 e. The Hall–Kier alpha value is -1.92. The van der Waals surface area contributed by atoms with Crippen LogP contribution in [0, 0.1) is 0 Å². The molecule has 0 aliphatic carbocycles. The standard InChI is InChI=1S/C84H161NO5/c1-3-5-7-9-11-13-15-17-19-20-21-22-40-43-46-49-52-56-60-64-68-72-76-82(87)81(80-86)85-83(88)77-73-69-65-61-57-53-50-47-44-41-38-36-34-32-30-28-26-24-23-25-27-29-31-33-35-37-39-42-45-48-51-55-59-63-67-71-75-79-90-84(89)78-74-70-66-62-58-54-18-16-14-12-10-8-6-4-2/h23,25,29,31,72,76,81-82,86-87H,3-22,24,26-28,30,32-71,73-75,77-80H2,1-2H3,(H,85,88)/b25-23-,31-29-,76-72+. The summed E-state index contributed by atoms with van der Waals surface area (Å²) >= 11 is 0. The van der Waals surface area contributed by atoms with Crippen molar-refractivity contribution in [1.29, 1.82) is 0 Å². The molecule has 0 fully saturated rings. The van der Waals surface area contributed by atoms with Gasteiger partial charge in [-0.25, -0.2) is 0 Å². The fourth-order valence-corrected chi connectivity index (χ4v) is 13.1. The summed E-state index contributed by atoms with van der Waals surface area (Å²) in [6.07, 6.45) is 104. The van der Waals surface area contributed by atoms with E-state index in [-0.39, 0.29) is 18.5 Å². The summed E-state index contributed by atoms with van der Waals surface area (Å²) in [7, 11) is 0. The summed E-state index contributed by atoms with van der Waals surface area (Å²) in [5.41, 5.74) is 0. The van der Waals surface area contributed by atoms with E-state index < -0.39 is 12.1 Å². The highest BCUT2D eigenvalue weighted by molar-refractivity contribution is 5.76. The average Bonchev–Trinajstić information content (AvgIpc) is 3.65. The number of aliphatic hydroxyl groups excluding tert-OH is 2. The van der Waals surface area contributed by atoms with Gasteiger partial charge in [-0.2, -0.15) is 0 Å². The minimum absolute atomic E-state index is 0.0216. The van der Waals surface area contributed by atoms with Crippen LogP contribution in [0.15, 0.2) is 36.5 Å². The van der Waals surface area contributed by atoms with Gasteiger partial charge < -0.3 is 20.3 Å². The number of rotatable bonds is 78. The van der Waals surface area contributed by atoms with Gasteiger partial charge in [0.15, 0.2) is 0 Å². The van der Waals surface area contributed by atoms with Crippen molar-refractivity contribution < 1.29 is 24.5 Å². The lowest BCUT2D eigenvalue weighted by Crippen LogP contribution is -2.45. The Kier molecular flexibility index (Phi) is 77.8. The van der Waals surface area contributed by atoms with Crippen molar-refractivity contribution in [3.8, 4) is 0 Å². The Morgan fingerprint density at radius 2 is 0.556 bits per heavy atom. The molecule has 0 spiro atoms. The number of carbonyl (C=O) groups is 2. The zero-order valence-corrected chi connectivity index (χ0v) is 61.1. The van der Waals surface area contributed by atoms with Crippen LogP contribution in [0.25, 0.3) is 0 Å². The number of hydrogen-bond donors (Lipinski definition) is 3. The van der Waals surface area contributed by atoms with E-state index >= 15 is 0 Å².